The second kappa shape index (κ2) is 8.93. The monoisotopic (exact) mass is 230 g/mol. The fourth-order valence-electron chi connectivity index (χ4n) is 2.23. The Balaban J connectivity index is 2.10. The molecule has 16 heavy (non-hydrogen) atoms. The Labute approximate surface area is 98.5 Å². The number of nitrogens with one attached hydrogen (secondary N) is 1. The standard InChI is InChI=1S/C12H26N2O2/c13-9-12(11-5-4-8-16-10-11)14-6-2-1-3-7-15/h11-12,14-15H,1-10,13H2. The summed E-state index contributed by atoms with van der Waals surface area (Å²) < 4.78 is 5.48. The number of hydrogen-bond donors (Lipinski definition) is 3. The van der Waals surface area contributed by atoms with E-state index in [0.717, 1.165) is 45.4 Å². The highest BCUT2D eigenvalue weighted by Crippen LogP contribution is 2.17. The van der Waals surface area contributed by atoms with Gasteiger partial charge in [-0.05, 0) is 44.6 Å². The molecule has 1 rings (SSSR count). The number of unbranched alkanes of at least 4 members (excludes halogenated alkanes) is 2. The lowest BCUT2D eigenvalue weighted by Gasteiger charge is -2.30. The summed E-state index contributed by atoms with van der Waals surface area (Å²) in [6, 6.07) is 0.398. The van der Waals surface area contributed by atoms with Gasteiger partial charge < -0.3 is 20.9 Å². The molecule has 2 unspecified atom stereocenters. The van der Waals surface area contributed by atoms with Crippen molar-refractivity contribution in [2.24, 2.45) is 11.7 Å². The third kappa shape index (κ3) is 5.25. The molecule has 0 spiro atoms. The highest BCUT2D eigenvalue weighted by molar-refractivity contribution is 4.79. The third-order valence-electron chi connectivity index (χ3n) is 3.26. The SMILES string of the molecule is NCC(NCCCCCO)C1CCCOC1. The first-order valence-electron chi connectivity index (χ1n) is 6.50. The van der Waals surface area contributed by atoms with Crippen LogP contribution in [0.15, 0.2) is 0 Å². The summed E-state index contributed by atoms with van der Waals surface area (Å²) in [5.74, 6) is 0.580. The fraction of sp³-hybridized carbons (Fsp3) is 1.00. The first kappa shape index (κ1) is 13.9. The minimum atomic E-state index is 0.302. The predicted molar refractivity (Wildman–Crippen MR) is 65.3 cm³/mol. The number of hydrogen-bond acceptors (Lipinski definition) is 4. The molecular formula is C12H26N2O2. The topological polar surface area (TPSA) is 67.5 Å². The van der Waals surface area contributed by atoms with Crippen LogP contribution in [-0.2, 0) is 4.74 Å². The predicted octanol–water partition coefficient (Wildman–Crippen LogP) is 0.492. The van der Waals surface area contributed by atoms with E-state index >= 15 is 0 Å². The van der Waals surface area contributed by atoms with Gasteiger partial charge in [-0.3, -0.25) is 0 Å². The lowest BCUT2D eigenvalue weighted by molar-refractivity contribution is 0.0405. The Morgan fingerprint density at radius 3 is 2.88 bits per heavy atom. The van der Waals surface area contributed by atoms with Crippen LogP contribution >= 0.6 is 0 Å². The van der Waals surface area contributed by atoms with Gasteiger partial charge >= 0.3 is 0 Å². The van der Waals surface area contributed by atoms with E-state index in [1.807, 2.05) is 0 Å². The molecule has 0 bridgehead atoms. The lowest BCUT2D eigenvalue weighted by atomic mass is 9.93. The molecule has 96 valence electrons. The Bertz CT molecular complexity index is 161. The quantitative estimate of drug-likeness (QED) is 0.531. The van der Waals surface area contributed by atoms with Crippen molar-refractivity contribution >= 4 is 0 Å². The van der Waals surface area contributed by atoms with Crippen LogP contribution in [0.1, 0.15) is 32.1 Å². The van der Waals surface area contributed by atoms with Gasteiger partial charge in [-0.2, -0.15) is 0 Å². The van der Waals surface area contributed by atoms with Gasteiger partial charge in [-0.1, -0.05) is 0 Å². The molecule has 0 aliphatic carbocycles. The van der Waals surface area contributed by atoms with E-state index in [9.17, 15) is 0 Å². The Hall–Kier alpha value is -0.160. The maximum Gasteiger partial charge on any atom is 0.0509 e. The van der Waals surface area contributed by atoms with E-state index in [2.05, 4.69) is 5.32 Å². The molecule has 0 saturated carbocycles. The summed E-state index contributed by atoms with van der Waals surface area (Å²) in [4.78, 5) is 0. The third-order valence-corrected chi connectivity index (χ3v) is 3.26. The van der Waals surface area contributed by atoms with Crippen LogP contribution in [0.4, 0.5) is 0 Å². The average molecular weight is 230 g/mol. The van der Waals surface area contributed by atoms with Gasteiger partial charge in [0.1, 0.15) is 0 Å². The Kier molecular flexibility index (Phi) is 7.76. The zero-order valence-electron chi connectivity index (χ0n) is 10.2. The van der Waals surface area contributed by atoms with Crippen LogP contribution in [0, 0.1) is 5.92 Å². The summed E-state index contributed by atoms with van der Waals surface area (Å²) >= 11 is 0. The van der Waals surface area contributed by atoms with Crippen molar-refractivity contribution in [3.8, 4) is 0 Å². The molecule has 4 N–H and O–H groups in total. The van der Waals surface area contributed by atoms with Gasteiger partial charge in [0.15, 0.2) is 0 Å². The van der Waals surface area contributed by atoms with Gasteiger partial charge in [0.05, 0.1) is 6.61 Å². The minimum Gasteiger partial charge on any atom is -0.396 e. The van der Waals surface area contributed by atoms with E-state index in [0.29, 0.717) is 25.1 Å². The summed E-state index contributed by atoms with van der Waals surface area (Å²) in [5, 5.41) is 12.2. The number of rotatable bonds is 8. The lowest BCUT2D eigenvalue weighted by Crippen LogP contribution is -2.45. The van der Waals surface area contributed by atoms with E-state index in [1.165, 1.54) is 6.42 Å². The summed E-state index contributed by atoms with van der Waals surface area (Å²) in [6.45, 7) is 3.75. The molecule has 0 aromatic carbocycles. The molecule has 1 aliphatic heterocycles. The molecule has 0 aromatic heterocycles. The zero-order valence-corrected chi connectivity index (χ0v) is 10.2. The first-order valence-corrected chi connectivity index (χ1v) is 6.50. The van der Waals surface area contributed by atoms with Crippen LogP contribution in [0.25, 0.3) is 0 Å². The van der Waals surface area contributed by atoms with Crippen LogP contribution in [0.5, 0.6) is 0 Å². The Morgan fingerprint density at radius 2 is 2.25 bits per heavy atom. The van der Waals surface area contributed by atoms with E-state index in [1.54, 1.807) is 0 Å². The van der Waals surface area contributed by atoms with Gasteiger partial charge in [-0.15, -0.1) is 0 Å². The molecule has 4 heteroatoms. The molecular weight excluding hydrogens is 204 g/mol. The molecule has 0 aromatic rings. The smallest absolute Gasteiger partial charge is 0.0509 e. The summed E-state index contributed by atoms with van der Waals surface area (Å²) in [6.07, 6.45) is 5.49. The molecule has 4 nitrogen and oxygen atoms in total. The van der Waals surface area contributed by atoms with Crippen LogP contribution in [0.2, 0.25) is 0 Å². The van der Waals surface area contributed by atoms with Crippen LogP contribution < -0.4 is 11.1 Å². The van der Waals surface area contributed by atoms with Crippen molar-refractivity contribution < 1.29 is 9.84 Å². The summed E-state index contributed by atoms with van der Waals surface area (Å²) in [5.41, 5.74) is 5.79. The van der Waals surface area contributed by atoms with Crippen molar-refractivity contribution in [1.82, 2.24) is 5.32 Å². The van der Waals surface area contributed by atoms with E-state index in [-0.39, 0.29) is 0 Å². The highest BCUT2D eigenvalue weighted by Gasteiger charge is 2.22. The second-order valence-electron chi connectivity index (χ2n) is 4.56. The van der Waals surface area contributed by atoms with Crippen molar-refractivity contribution in [1.29, 1.82) is 0 Å². The van der Waals surface area contributed by atoms with Crippen molar-refractivity contribution in [2.45, 2.75) is 38.1 Å². The molecule has 0 radical (unpaired) electrons. The first-order chi connectivity index (χ1) is 7.88. The van der Waals surface area contributed by atoms with Crippen molar-refractivity contribution in [3.63, 3.8) is 0 Å². The van der Waals surface area contributed by atoms with E-state index < -0.39 is 0 Å². The molecule has 2 atom stereocenters. The van der Waals surface area contributed by atoms with E-state index in [4.69, 9.17) is 15.6 Å². The largest absolute Gasteiger partial charge is 0.396 e. The van der Waals surface area contributed by atoms with Gasteiger partial charge in [0.2, 0.25) is 0 Å². The highest BCUT2D eigenvalue weighted by atomic mass is 16.5. The van der Waals surface area contributed by atoms with Crippen molar-refractivity contribution in [2.75, 3.05) is 32.9 Å². The normalized spacial score (nSPS) is 23.2. The number of aliphatic hydroxyl groups excluding tert-OH is 1. The van der Waals surface area contributed by atoms with Crippen LogP contribution in [-0.4, -0.2) is 44.1 Å². The average Bonchev–Trinajstić information content (AvgIpc) is 2.35. The Morgan fingerprint density at radius 1 is 1.38 bits per heavy atom. The number of ether oxygens (including phenoxy) is 1. The maximum absolute atomic E-state index is 8.67. The van der Waals surface area contributed by atoms with Gasteiger partial charge in [0.25, 0.3) is 0 Å². The maximum atomic E-state index is 8.67. The molecule has 1 saturated heterocycles. The van der Waals surface area contributed by atoms with Gasteiger partial charge in [-0.25, -0.2) is 0 Å². The van der Waals surface area contributed by atoms with Crippen molar-refractivity contribution in [3.05, 3.63) is 0 Å². The number of nitrogens with two attached hydrogens (primary N) is 1. The summed E-state index contributed by atoms with van der Waals surface area (Å²) in [7, 11) is 0. The number of aliphatic hydroxyl groups is 1. The van der Waals surface area contributed by atoms with Crippen LogP contribution in [0.3, 0.4) is 0 Å². The second-order valence-corrected chi connectivity index (χ2v) is 4.56. The molecule has 1 fully saturated rings. The molecule has 1 aliphatic rings. The minimum absolute atomic E-state index is 0.302. The molecule has 0 amide bonds. The fourth-order valence-corrected chi connectivity index (χ4v) is 2.23. The zero-order chi connectivity index (χ0) is 11.6. The molecule has 1 heterocycles. The van der Waals surface area contributed by atoms with Gasteiger partial charge in [0, 0.05) is 25.8 Å².